The highest BCUT2D eigenvalue weighted by Gasteiger charge is 2.32. The van der Waals surface area contributed by atoms with Gasteiger partial charge < -0.3 is 4.90 Å². The molecule has 1 amide bonds. The lowest BCUT2D eigenvalue weighted by molar-refractivity contribution is -0.131. The lowest BCUT2D eigenvalue weighted by atomic mass is 9.93. The molecule has 0 aromatic heterocycles. The molecule has 0 spiro atoms. The monoisotopic (exact) mass is 244 g/mol. The summed E-state index contributed by atoms with van der Waals surface area (Å²) >= 11 is 0. The standard InChI is InChI=1S/C14H16N2O2/c1-3-16(4-2)14(18)11-9-15-12-8-6-5-7-10(12)13(11)17/h5-9,11H,3-4H2,1-2H3. The average Bonchev–Trinajstić information content (AvgIpc) is 2.40. The van der Waals surface area contributed by atoms with Gasteiger partial charge in [0.25, 0.3) is 0 Å². The van der Waals surface area contributed by atoms with Crippen molar-refractivity contribution < 1.29 is 9.59 Å². The van der Waals surface area contributed by atoms with E-state index in [1.165, 1.54) is 6.21 Å². The van der Waals surface area contributed by atoms with Crippen LogP contribution < -0.4 is 0 Å². The van der Waals surface area contributed by atoms with E-state index in [1.54, 1.807) is 23.1 Å². The molecule has 1 aromatic carbocycles. The summed E-state index contributed by atoms with van der Waals surface area (Å²) in [6.07, 6.45) is 1.46. The molecule has 4 nitrogen and oxygen atoms in total. The molecule has 1 aliphatic heterocycles. The van der Waals surface area contributed by atoms with Crippen molar-refractivity contribution in [3.8, 4) is 0 Å². The van der Waals surface area contributed by atoms with Crippen molar-refractivity contribution >= 4 is 23.6 Å². The molecular weight excluding hydrogens is 228 g/mol. The Morgan fingerprint density at radius 1 is 1.28 bits per heavy atom. The van der Waals surface area contributed by atoms with Crippen molar-refractivity contribution in [3.63, 3.8) is 0 Å². The van der Waals surface area contributed by atoms with Crippen molar-refractivity contribution in [1.82, 2.24) is 4.90 Å². The maximum absolute atomic E-state index is 12.3. The van der Waals surface area contributed by atoms with Gasteiger partial charge >= 0.3 is 0 Å². The molecule has 2 rings (SSSR count). The van der Waals surface area contributed by atoms with E-state index in [0.29, 0.717) is 24.3 Å². The fourth-order valence-corrected chi connectivity index (χ4v) is 2.09. The first-order valence-corrected chi connectivity index (χ1v) is 6.15. The predicted octanol–water partition coefficient (Wildman–Crippen LogP) is 2.07. The van der Waals surface area contributed by atoms with E-state index < -0.39 is 5.92 Å². The number of hydrogen-bond donors (Lipinski definition) is 0. The van der Waals surface area contributed by atoms with Gasteiger partial charge in [-0.3, -0.25) is 14.6 Å². The van der Waals surface area contributed by atoms with Crippen molar-refractivity contribution in [2.24, 2.45) is 10.9 Å². The Balaban J connectivity index is 2.30. The predicted molar refractivity (Wildman–Crippen MR) is 70.3 cm³/mol. The summed E-state index contributed by atoms with van der Waals surface area (Å²) in [6, 6.07) is 7.12. The van der Waals surface area contributed by atoms with Crippen LogP contribution in [0.1, 0.15) is 24.2 Å². The van der Waals surface area contributed by atoms with Crippen LogP contribution in [0, 0.1) is 5.92 Å². The number of Topliss-reactive ketones (excluding diaryl/α,β-unsaturated/α-hetero) is 1. The minimum Gasteiger partial charge on any atom is -0.342 e. The number of amides is 1. The molecule has 94 valence electrons. The highest BCUT2D eigenvalue weighted by atomic mass is 16.2. The Labute approximate surface area is 106 Å². The van der Waals surface area contributed by atoms with Gasteiger partial charge in [0.1, 0.15) is 5.92 Å². The van der Waals surface area contributed by atoms with Crippen LogP contribution in [0.5, 0.6) is 0 Å². The van der Waals surface area contributed by atoms with E-state index in [1.807, 2.05) is 19.9 Å². The zero-order valence-electron chi connectivity index (χ0n) is 10.6. The molecule has 0 radical (unpaired) electrons. The van der Waals surface area contributed by atoms with Gasteiger partial charge in [-0.15, -0.1) is 0 Å². The fourth-order valence-electron chi connectivity index (χ4n) is 2.09. The molecule has 0 saturated heterocycles. The largest absolute Gasteiger partial charge is 0.342 e. The molecule has 1 atom stereocenters. The number of carbonyl (C=O) groups excluding carboxylic acids is 2. The van der Waals surface area contributed by atoms with Crippen LogP contribution in [-0.4, -0.2) is 35.9 Å². The Morgan fingerprint density at radius 2 is 1.94 bits per heavy atom. The molecule has 0 N–H and O–H groups in total. The van der Waals surface area contributed by atoms with Crippen LogP contribution in [0.3, 0.4) is 0 Å². The quantitative estimate of drug-likeness (QED) is 0.764. The first-order chi connectivity index (χ1) is 8.69. The highest BCUT2D eigenvalue weighted by molar-refractivity contribution is 6.23. The molecular formula is C14H16N2O2. The minimum absolute atomic E-state index is 0.155. The zero-order chi connectivity index (χ0) is 13.1. The van der Waals surface area contributed by atoms with Crippen LogP contribution in [0.15, 0.2) is 29.3 Å². The van der Waals surface area contributed by atoms with Gasteiger partial charge in [-0.25, -0.2) is 0 Å². The van der Waals surface area contributed by atoms with Gasteiger partial charge in [0.2, 0.25) is 5.91 Å². The van der Waals surface area contributed by atoms with Gasteiger partial charge in [-0.2, -0.15) is 0 Å². The maximum atomic E-state index is 12.3. The van der Waals surface area contributed by atoms with Gasteiger partial charge in [-0.1, -0.05) is 12.1 Å². The van der Waals surface area contributed by atoms with Gasteiger partial charge in [0.15, 0.2) is 5.78 Å². The van der Waals surface area contributed by atoms with Crippen LogP contribution in [0.2, 0.25) is 0 Å². The van der Waals surface area contributed by atoms with E-state index in [2.05, 4.69) is 4.99 Å². The fraction of sp³-hybridized carbons (Fsp3) is 0.357. The SMILES string of the molecule is CCN(CC)C(=O)C1C=Nc2ccccc2C1=O. The molecule has 1 aromatic rings. The molecule has 1 aliphatic rings. The average molecular weight is 244 g/mol. The minimum atomic E-state index is -0.764. The molecule has 0 saturated carbocycles. The van der Waals surface area contributed by atoms with Crippen LogP contribution >= 0.6 is 0 Å². The van der Waals surface area contributed by atoms with Gasteiger partial charge in [0.05, 0.1) is 5.69 Å². The first kappa shape index (κ1) is 12.5. The molecule has 4 heteroatoms. The number of aliphatic imine (C=N–C) groups is 1. The molecule has 0 bridgehead atoms. The summed E-state index contributed by atoms with van der Waals surface area (Å²) in [5.41, 5.74) is 1.18. The molecule has 0 aliphatic carbocycles. The second kappa shape index (κ2) is 5.12. The lowest BCUT2D eigenvalue weighted by Gasteiger charge is -2.24. The Kier molecular flexibility index (Phi) is 3.55. The van der Waals surface area contributed by atoms with Crippen molar-refractivity contribution in [2.45, 2.75) is 13.8 Å². The normalized spacial score (nSPS) is 17.4. The van der Waals surface area contributed by atoms with Gasteiger partial charge in [0, 0.05) is 24.9 Å². The lowest BCUT2D eigenvalue weighted by Crippen LogP contribution is -2.40. The molecule has 1 unspecified atom stereocenters. The maximum Gasteiger partial charge on any atom is 0.238 e. The Bertz CT molecular complexity index is 504. The number of para-hydroxylation sites is 1. The summed E-state index contributed by atoms with van der Waals surface area (Å²) in [4.78, 5) is 30.3. The number of hydrogen-bond acceptors (Lipinski definition) is 3. The molecule has 0 fully saturated rings. The topological polar surface area (TPSA) is 49.7 Å². The number of nitrogens with zero attached hydrogens (tertiary/aromatic N) is 2. The van der Waals surface area contributed by atoms with E-state index >= 15 is 0 Å². The third-order valence-electron chi connectivity index (χ3n) is 3.16. The summed E-state index contributed by atoms with van der Waals surface area (Å²) in [6.45, 7) is 5.02. The van der Waals surface area contributed by atoms with Crippen molar-refractivity contribution in [1.29, 1.82) is 0 Å². The molecule has 1 heterocycles. The zero-order valence-corrected chi connectivity index (χ0v) is 10.6. The number of rotatable bonds is 3. The van der Waals surface area contributed by atoms with Crippen LogP contribution in [0.4, 0.5) is 5.69 Å². The summed E-state index contributed by atoms with van der Waals surface area (Å²) in [7, 11) is 0. The van der Waals surface area contributed by atoms with E-state index in [0.717, 1.165) is 0 Å². The Morgan fingerprint density at radius 3 is 2.61 bits per heavy atom. The third-order valence-corrected chi connectivity index (χ3v) is 3.16. The first-order valence-electron chi connectivity index (χ1n) is 6.15. The Hall–Kier alpha value is -1.97. The van der Waals surface area contributed by atoms with Gasteiger partial charge in [-0.05, 0) is 26.0 Å². The summed E-state index contributed by atoms with van der Waals surface area (Å²) < 4.78 is 0. The second-order valence-corrected chi connectivity index (χ2v) is 4.15. The number of ketones is 1. The molecule has 18 heavy (non-hydrogen) atoms. The summed E-state index contributed by atoms with van der Waals surface area (Å²) in [5, 5.41) is 0. The van der Waals surface area contributed by atoms with Crippen molar-refractivity contribution in [2.75, 3.05) is 13.1 Å². The summed E-state index contributed by atoms with van der Waals surface area (Å²) in [5.74, 6) is -1.08. The smallest absolute Gasteiger partial charge is 0.238 e. The van der Waals surface area contributed by atoms with Crippen molar-refractivity contribution in [3.05, 3.63) is 29.8 Å². The third kappa shape index (κ3) is 2.06. The van der Waals surface area contributed by atoms with Crippen LogP contribution in [0.25, 0.3) is 0 Å². The van der Waals surface area contributed by atoms with E-state index in [9.17, 15) is 9.59 Å². The highest BCUT2D eigenvalue weighted by Crippen LogP contribution is 2.26. The van der Waals surface area contributed by atoms with E-state index in [-0.39, 0.29) is 11.7 Å². The number of fused-ring (bicyclic) bond motifs is 1. The van der Waals surface area contributed by atoms with Crippen LogP contribution in [-0.2, 0) is 4.79 Å². The van der Waals surface area contributed by atoms with E-state index in [4.69, 9.17) is 0 Å². The number of benzene rings is 1. The second-order valence-electron chi connectivity index (χ2n) is 4.15. The number of carbonyl (C=O) groups is 2.